The molecule has 0 atom stereocenters. The van der Waals surface area contributed by atoms with Crippen LogP contribution in [0.25, 0.3) is 0 Å². The van der Waals surface area contributed by atoms with Gasteiger partial charge in [-0.1, -0.05) is 0 Å². The Hall–Kier alpha value is -2.12. The molecule has 0 aliphatic rings. The molecule has 1 aromatic heterocycles. The summed E-state index contributed by atoms with van der Waals surface area (Å²) in [7, 11) is 2.71. The summed E-state index contributed by atoms with van der Waals surface area (Å²) in [6.07, 6.45) is 0. The Morgan fingerprint density at radius 3 is 2.00 bits per heavy atom. The van der Waals surface area contributed by atoms with Gasteiger partial charge in [0.25, 0.3) is 0 Å². The van der Waals surface area contributed by atoms with E-state index in [9.17, 15) is 4.79 Å². The molecular formula is C7H9N3O5. The average Bonchev–Trinajstić information content (AvgIpc) is 2.25. The van der Waals surface area contributed by atoms with Crippen molar-refractivity contribution in [1.29, 1.82) is 0 Å². The number of rotatable bonds is 5. The maximum atomic E-state index is 10.2. The number of nitrogens with zero attached hydrogens (tertiary/aromatic N) is 3. The van der Waals surface area contributed by atoms with Crippen molar-refractivity contribution in [2.24, 2.45) is 0 Å². The topological polar surface area (TPSA) is 104 Å². The number of aliphatic carboxylic acids is 1. The normalized spacial score (nSPS) is 9.47. The molecule has 0 aliphatic carbocycles. The molecule has 0 unspecified atom stereocenters. The maximum absolute atomic E-state index is 10.2. The van der Waals surface area contributed by atoms with E-state index in [0.29, 0.717) is 0 Å². The minimum absolute atomic E-state index is 0.0118. The Bertz CT molecular complexity index is 334. The third kappa shape index (κ3) is 3.25. The van der Waals surface area contributed by atoms with Crippen LogP contribution in [0.3, 0.4) is 0 Å². The zero-order chi connectivity index (χ0) is 11.3. The fraction of sp³-hybridized carbons (Fsp3) is 0.429. The smallest absolute Gasteiger partial charge is 0.341 e. The Balaban J connectivity index is 2.81. The van der Waals surface area contributed by atoms with Crippen molar-refractivity contribution in [1.82, 2.24) is 15.0 Å². The third-order valence-corrected chi connectivity index (χ3v) is 1.26. The molecule has 1 heterocycles. The molecule has 1 N–H and O–H groups in total. The first-order valence-electron chi connectivity index (χ1n) is 3.84. The van der Waals surface area contributed by atoms with Crippen molar-refractivity contribution in [3.05, 3.63) is 0 Å². The van der Waals surface area contributed by atoms with Crippen LogP contribution in [0, 0.1) is 0 Å². The van der Waals surface area contributed by atoms with Gasteiger partial charge in [-0.15, -0.1) is 15.0 Å². The number of carbonyl (C=O) groups is 1. The van der Waals surface area contributed by atoms with Gasteiger partial charge in [-0.2, -0.15) is 0 Å². The van der Waals surface area contributed by atoms with Crippen LogP contribution >= 0.6 is 0 Å². The van der Waals surface area contributed by atoms with E-state index in [1.807, 2.05) is 0 Å². The van der Waals surface area contributed by atoms with Gasteiger partial charge in [-0.05, 0) is 0 Å². The summed E-state index contributed by atoms with van der Waals surface area (Å²) in [6, 6.07) is -0.189. The molecule has 0 spiro atoms. The molecule has 8 nitrogen and oxygen atoms in total. The van der Waals surface area contributed by atoms with Crippen molar-refractivity contribution >= 4 is 5.97 Å². The van der Waals surface area contributed by atoms with Gasteiger partial charge in [0.1, 0.15) is 0 Å². The largest absolute Gasteiger partial charge is 0.479 e. The summed E-state index contributed by atoms with van der Waals surface area (Å²) >= 11 is 0. The van der Waals surface area contributed by atoms with E-state index in [2.05, 4.69) is 15.0 Å². The molecule has 0 fully saturated rings. The summed E-state index contributed by atoms with van der Waals surface area (Å²) in [5.74, 6) is -1.13. The Labute approximate surface area is 84.8 Å². The highest BCUT2D eigenvalue weighted by molar-refractivity contribution is 5.68. The number of hydrogen-bond acceptors (Lipinski definition) is 7. The van der Waals surface area contributed by atoms with E-state index in [-0.39, 0.29) is 18.0 Å². The number of methoxy groups -OCH3 is 2. The van der Waals surface area contributed by atoms with E-state index >= 15 is 0 Å². The lowest BCUT2D eigenvalue weighted by molar-refractivity contribution is -0.139. The van der Waals surface area contributed by atoms with E-state index in [4.69, 9.17) is 19.3 Å². The van der Waals surface area contributed by atoms with E-state index in [1.54, 1.807) is 0 Å². The van der Waals surface area contributed by atoms with Crippen LogP contribution in [-0.2, 0) is 4.79 Å². The van der Waals surface area contributed by atoms with Crippen molar-refractivity contribution in [3.63, 3.8) is 0 Å². The first-order valence-corrected chi connectivity index (χ1v) is 3.84. The van der Waals surface area contributed by atoms with Crippen LogP contribution in [0.4, 0.5) is 0 Å². The molecule has 0 saturated heterocycles. The van der Waals surface area contributed by atoms with Crippen LogP contribution in [0.15, 0.2) is 0 Å². The summed E-state index contributed by atoms with van der Waals surface area (Å²) in [5.41, 5.74) is 0. The van der Waals surface area contributed by atoms with Gasteiger partial charge >= 0.3 is 24.0 Å². The first-order chi connectivity index (χ1) is 7.15. The van der Waals surface area contributed by atoms with E-state index < -0.39 is 12.6 Å². The quantitative estimate of drug-likeness (QED) is 0.691. The predicted molar refractivity (Wildman–Crippen MR) is 46.1 cm³/mol. The lowest BCUT2D eigenvalue weighted by Crippen LogP contribution is -2.12. The minimum atomic E-state index is -1.13. The number of hydrogen-bond donors (Lipinski definition) is 1. The minimum Gasteiger partial charge on any atom is -0.479 e. The van der Waals surface area contributed by atoms with Gasteiger partial charge < -0.3 is 19.3 Å². The number of carboxylic acids is 1. The Morgan fingerprint density at radius 2 is 1.60 bits per heavy atom. The fourth-order valence-corrected chi connectivity index (χ4v) is 0.694. The summed E-state index contributed by atoms with van der Waals surface area (Å²) in [6.45, 7) is -0.545. The zero-order valence-corrected chi connectivity index (χ0v) is 8.13. The van der Waals surface area contributed by atoms with Gasteiger partial charge in [0.15, 0.2) is 6.61 Å². The first kappa shape index (κ1) is 11.0. The molecule has 0 aromatic carbocycles. The van der Waals surface area contributed by atoms with Crippen LogP contribution in [-0.4, -0.2) is 46.9 Å². The monoisotopic (exact) mass is 215 g/mol. The molecule has 1 rings (SSSR count). The van der Waals surface area contributed by atoms with Crippen molar-refractivity contribution in [2.45, 2.75) is 0 Å². The van der Waals surface area contributed by atoms with Gasteiger partial charge in [0, 0.05) is 0 Å². The molecular weight excluding hydrogens is 206 g/mol. The van der Waals surface area contributed by atoms with Crippen LogP contribution in [0.2, 0.25) is 0 Å². The molecule has 0 aliphatic heterocycles. The molecule has 0 radical (unpaired) electrons. The maximum Gasteiger partial charge on any atom is 0.341 e. The molecule has 8 heteroatoms. The number of ether oxygens (including phenoxy) is 3. The highest BCUT2D eigenvalue weighted by atomic mass is 16.5. The van der Waals surface area contributed by atoms with Crippen molar-refractivity contribution in [2.75, 3.05) is 20.8 Å². The standard InChI is InChI=1S/C7H9N3O5/c1-13-5-8-6(14-2)10-7(9-5)15-3-4(11)12/h3H2,1-2H3,(H,11,12). The Morgan fingerprint density at radius 1 is 1.13 bits per heavy atom. The number of aromatic nitrogens is 3. The van der Waals surface area contributed by atoms with E-state index in [0.717, 1.165) is 0 Å². The summed E-state index contributed by atoms with van der Waals surface area (Å²) in [5, 5.41) is 8.37. The summed E-state index contributed by atoms with van der Waals surface area (Å²) < 4.78 is 14.2. The fourth-order valence-electron chi connectivity index (χ4n) is 0.694. The Kier molecular flexibility index (Phi) is 3.61. The van der Waals surface area contributed by atoms with Crippen molar-refractivity contribution < 1.29 is 24.1 Å². The van der Waals surface area contributed by atoms with Crippen LogP contribution < -0.4 is 14.2 Å². The van der Waals surface area contributed by atoms with Crippen LogP contribution in [0.1, 0.15) is 0 Å². The second-order valence-electron chi connectivity index (χ2n) is 2.27. The van der Waals surface area contributed by atoms with Crippen molar-refractivity contribution in [3.8, 4) is 18.0 Å². The highest BCUT2D eigenvalue weighted by Gasteiger charge is 2.09. The molecule has 1 aromatic rings. The summed E-state index contributed by atoms with van der Waals surface area (Å²) in [4.78, 5) is 21.2. The van der Waals surface area contributed by atoms with Gasteiger partial charge in [-0.25, -0.2) is 4.79 Å². The average molecular weight is 215 g/mol. The molecule has 15 heavy (non-hydrogen) atoms. The molecule has 0 saturated carbocycles. The molecule has 82 valence electrons. The molecule has 0 amide bonds. The number of carboxylic acid groups (broad SMARTS) is 1. The highest BCUT2D eigenvalue weighted by Crippen LogP contribution is 2.13. The lowest BCUT2D eigenvalue weighted by Gasteiger charge is -2.04. The van der Waals surface area contributed by atoms with E-state index in [1.165, 1.54) is 14.2 Å². The third-order valence-electron chi connectivity index (χ3n) is 1.26. The second kappa shape index (κ2) is 4.94. The zero-order valence-electron chi connectivity index (χ0n) is 8.13. The molecule has 0 bridgehead atoms. The van der Waals surface area contributed by atoms with Crippen LogP contribution in [0.5, 0.6) is 18.0 Å². The second-order valence-corrected chi connectivity index (χ2v) is 2.27. The lowest BCUT2D eigenvalue weighted by atomic mass is 10.7. The van der Waals surface area contributed by atoms with Gasteiger partial charge in [0.05, 0.1) is 14.2 Å². The predicted octanol–water partition coefficient (Wildman–Crippen LogP) is -0.648. The van der Waals surface area contributed by atoms with Gasteiger partial charge in [0.2, 0.25) is 0 Å². The van der Waals surface area contributed by atoms with Gasteiger partial charge in [-0.3, -0.25) is 0 Å². The SMILES string of the molecule is COc1nc(OC)nc(OCC(=O)O)n1.